The SMILES string of the molecule is COC(CN)CC(=O)N1CCC(CN(C)C)CC1. The van der Waals surface area contributed by atoms with Crippen molar-refractivity contribution in [1.82, 2.24) is 9.80 Å². The van der Waals surface area contributed by atoms with Gasteiger partial charge in [0, 0.05) is 33.3 Å². The highest BCUT2D eigenvalue weighted by Crippen LogP contribution is 2.18. The molecule has 2 N–H and O–H groups in total. The predicted octanol–water partition coefficient (Wildman–Crippen LogP) is 0.150. The average molecular weight is 257 g/mol. The summed E-state index contributed by atoms with van der Waals surface area (Å²) in [6.45, 7) is 3.27. The standard InChI is InChI=1S/C13H27N3O2/c1-15(2)10-11-4-6-16(7-5-11)13(17)8-12(9-14)18-3/h11-12H,4-10,14H2,1-3H3. The monoisotopic (exact) mass is 257 g/mol. The van der Waals surface area contributed by atoms with E-state index in [1.165, 1.54) is 0 Å². The fraction of sp³-hybridized carbons (Fsp3) is 0.923. The van der Waals surface area contributed by atoms with Gasteiger partial charge in [-0.3, -0.25) is 4.79 Å². The van der Waals surface area contributed by atoms with E-state index in [9.17, 15) is 4.79 Å². The first-order valence-electron chi connectivity index (χ1n) is 6.72. The smallest absolute Gasteiger partial charge is 0.225 e. The molecular weight excluding hydrogens is 230 g/mol. The maximum Gasteiger partial charge on any atom is 0.225 e. The van der Waals surface area contributed by atoms with Crippen LogP contribution >= 0.6 is 0 Å². The molecule has 1 aliphatic heterocycles. The van der Waals surface area contributed by atoms with Crippen LogP contribution in [-0.4, -0.2) is 69.2 Å². The van der Waals surface area contributed by atoms with Crippen LogP contribution in [-0.2, 0) is 9.53 Å². The van der Waals surface area contributed by atoms with Crippen molar-refractivity contribution in [1.29, 1.82) is 0 Å². The number of nitrogens with zero attached hydrogens (tertiary/aromatic N) is 2. The molecule has 1 rings (SSSR count). The minimum absolute atomic E-state index is 0.142. The molecule has 1 heterocycles. The van der Waals surface area contributed by atoms with Crippen molar-refractivity contribution in [3.8, 4) is 0 Å². The number of carbonyl (C=O) groups excluding carboxylic acids is 1. The van der Waals surface area contributed by atoms with Gasteiger partial charge in [0.1, 0.15) is 0 Å². The molecule has 0 bridgehead atoms. The molecule has 1 aliphatic rings. The zero-order chi connectivity index (χ0) is 13.5. The lowest BCUT2D eigenvalue weighted by Gasteiger charge is -2.33. The Hall–Kier alpha value is -0.650. The number of carbonyl (C=O) groups is 1. The average Bonchev–Trinajstić information content (AvgIpc) is 2.35. The van der Waals surface area contributed by atoms with Crippen LogP contribution in [0.25, 0.3) is 0 Å². The van der Waals surface area contributed by atoms with Crippen LogP contribution in [0.5, 0.6) is 0 Å². The molecule has 0 aromatic rings. The third-order valence-electron chi connectivity index (χ3n) is 3.59. The van der Waals surface area contributed by atoms with Gasteiger partial charge in [0.05, 0.1) is 12.5 Å². The van der Waals surface area contributed by atoms with Crippen molar-refractivity contribution in [2.24, 2.45) is 11.7 Å². The van der Waals surface area contributed by atoms with E-state index in [1.807, 2.05) is 4.90 Å². The Morgan fingerprint density at radius 1 is 1.44 bits per heavy atom. The second-order valence-corrected chi connectivity index (χ2v) is 5.38. The van der Waals surface area contributed by atoms with E-state index < -0.39 is 0 Å². The van der Waals surface area contributed by atoms with Gasteiger partial charge in [-0.05, 0) is 32.9 Å². The summed E-state index contributed by atoms with van der Waals surface area (Å²) in [6.07, 6.45) is 2.47. The van der Waals surface area contributed by atoms with Gasteiger partial charge in [-0.2, -0.15) is 0 Å². The quantitative estimate of drug-likeness (QED) is 0.736. The largest absolute Gasteiger partial charge is 0.380 e. The van der Waals surface area contributed by atoms with Gasteiger partial charge in [-0.1, -0.05) is 0 Å². The van der Waals surface area contributed by atoms with Crippen LogP contribution in [0.2, 0.25) is 0 Å². The molecule has 5 nitrogen and oxygen atoms in total. The molecule has 5 heteroatoms. The summed E-state index contributed by atoms with van der Waals surface area (Å²) in [7, 11) is 5.80. The Balaban J connectivity index is 2.31. The van der Waals surface area contributed by atoms with Crippen LogP contribution in [0.1, 0.15) is 19.3 Å². The van der Waals surface area contributed by atoms with Gasteiger partial charge < -0.3 is 20.3 Å². The van der Waals surface area contributed by atoms with E-state index in [-0.39, 0.29) is 12.0 Å². The van der Waals surface area contributed by atoms with Gasteiger partial charge in [0.25, 0.3) is 0 Å². The van der Waals surface area contributed by atoms with Crippen molar-refractivity contribution in [2.45, 2.75) is 25.4 Å². The number of ether oxygens (including phenoxy) is 1. The van der Waals surface area contributed by atoms with E-state index in [0.717, 1.165) is 38.4 Å². The zero-order valence-electron chi connectivity index (χ0n) is 11.9. The lowest BCUT2D eigenvalue weighted by Crippen LogP contribution is -2.42. The van der Waals surface area contributed by atoms with Gasteiger partial charge in [0.15, 0.2) is 0 Å². The molecule has 0 aliphatic carbocycles. The van der Waals surface area contributed by atoms with Gasteiger partial charge >= 0.3 is 0 Å². The Bertz CT molecular complexity index is 247. The summed E-state index contributed by atoms with van der Waals surface area (Å²) in [5.74, 6) is 0.896. The van der Waals surface area contributed by atoms with E-state index >= 15 is 0 Å². The summed E-state index contributed by atoms with van der Waals surface area (Å²) in [4.78, 5) is 16.2. The Morgan fingerprint density at radius 2 is 2.06 bits per heavy atom. The second kappa shape index (κ2) is 7.71. The molecule has 106 valence electrons. The maximum atomic E-state index is 12.0. The fourth-order valence-electron chi connectivity index (χ4n) is 2.47. The van der Waals surface area contributed by atoms with E-state index in [2.05, 4.69) is 19.0 Å². The molecule has 0 spiro atoms. The van der Waals surface area contributed by atoms with Crippen molar-refractivity contribution >= 4 is 5.91 Å². The minimum atomic E-state index is -0.142. The number of amides is 1. The fourth-order valence-corrected chi connectivity index (χ4v) is 2.47. The van der Waals surface area contributed by atoms with Gasteiger partial charge in [0.2, 0.25) is 5.91 Å². The first-order valence-corrected chi connectivity index (χ1v) is 6.72. The van der Waals surface area contributed by atoms with Crippen LogP contribution in [0.15, 0.2) is 0 Å². The Kier molecular flexibility index (Phi) is 6.60. The van der Waals surface area contributed by atoms with Crippen molar-refractivity contribution in [3.63, 3.8) is 0 Å². The lowest BCUT2D eigenvalue weighted by molar-refractivity contribution is -0.135. The molecule has 1 amide bonds. The molecule has 1 atom stereocenters. The molecule has 18 heavy (non-hydrogen) atoms. The summed E-state index contributed by atoms with van der Waals surface area (Å²) in [5.41, 5.74) is 5.54. The number of hydrogen-bond acceptors (Lipinski definition) is 4. The van der Waals surface area contributed by atoms with Crippen molar-refractivity contribution in [2.75, 3.05) is 47.4 Å². The first-order chi connectivity index (χ1) is 8.56. The van der Waals surface area contributed by atoms with Crippen LogP contribution in [0, 0.1) is 5.92 Å². The number of rotatable bonds is 6. The second-order valence-electron chi connectivity index (χ2n) is 5.38. The van der Waals surface area contributed by atoms with Gasteiger partial charge in [-0.15, -0.1) is 0 Å². The number of likely N-dealkylation sites (tertiary alicyclic amines) is 1. The summed E-state index contributed by atoms with van der Waals surface area (Å²) >= 11 is 0. The molecule has 0 saturated carbocycles. The maximum absolute atomic E-state index is 12.0. The third kappa shape index (κ3) is 4.92. The number of piperidine rings is 1. The minimum Gasteiger partial charge on any atom is -0.380 e. The van der Waals surface area contributed by atoms with Gasteiger partial charge in [-0.25, -0.2) is 0 Å². The normalized spacial score (nSPS) is 19.3. The zero-order valence-corrected chi connectivity index (χ0v) is 11.9. The first kappa shape index (κ1) is 15.4. The number of hydrogen-bond donors (Lipinski definition) is 1. The van der Waals surface area contributed by atoms with Crippen molar-refractivity contribution in [3.05, 3.63) is 0 Å². The number of nitrogens with two attached hydrogens (primary N) is 1. The molecule has 1 saturated heterocycles. The lowest BCUT2D eigenvalue weighted by atomic mass is 9.96. The molecule has 0 aromatic heterocycles. The molecule has 1 unspecified atom stereocenters. The molecule has 1 fully saturated rings. The summed E-state index contributed by atoms with van der Waals surface area (Å²) in [5, 5.41) is 0. The van der Waals surface area contributed by atoms with Crippen molar-refractivity contribution < 1.29 is 9.53 Å². The summed E-state index contributed by atoms with van der Waals surface area (Å²) in [6, 6.07) is 0. The van der Waals surface area contributed by atoms with E-state index in [1.54, 1.807) is 7.11 Å². The summed E-state index contributed by atoms with van der Waals surface area (Å²) < 4.78 is 5.16. The van der Waals surface area contributed by atoms with Crippen LogP contribution < -0.4 is 5.73 Å². The highest BCUT2D eigenvalue weighted by Gasteiger charge is 2.24. The molecule has 0 radical (unpaired) electrons. The third-order valence-corrected chi connectivity index (χ3v) is 3.59. The number of methoxy groups -OCH3 is 1. The van der Waals surface area contributed by atoms with E-state index in [0.29, 0.717) is 13.0 Å². The highest BCUT2D eigenvalue weighted by molar-refractivity contribution is 5.76. The Morgan fingerprint density at radius 3 is 2.50 bits per heavy atom. The topological polar surface area (TPSA) is 58.8 Å². The molecule has 0 aromatic carbocycles. The van der Waals surface area contributed by atoms with Crippen LogP contribution in [0.3, 0.4) is 0 Å². The van der Waals surface area contributed by atoms with E-state index in [4.69, 9.17) is 10.5 Å². The predicted molar refractivity (Wildman–Crippen MR) is 72.3 cm³/mol. The van der Waals surface area contributed by atoms with Crippen LogP contribution in [0.4, 0.5) is 0 Å². The highest BCUT2D eigenvalue weighted by atomic mass is 16.5. The Labute approximate surface area is 110 Å². The molecular formula is C13H27N3O2.